The highest BCUT2D eigenvalue weighted by Crippen LogP contribution is 2.30. The van der Waals surface area contributed by atoms with Crippen LogP contribution in [-0.2, 0) is 11.2 Å². The first-order chi connectivity index (χ1) is 9.11. The predicted octanol–water partition coefficient (Wildman–Crippen LogP) is 1.59. The molecule has 0 aromatic heterocycles. The monoisotopic (exact) mass is 261 g/mol. The maximum atomic E-state index is 10.9. The minimum absolute atomic E-state index is 0.231. The Labute approximate surface area is 115 Å². The number of nitrogens with two attached hydrogens (primary N) is 1. The zero-order chi connectivity index (χ0) is 13.8. The lowest BCUT2D eigenvalue weighted by Crippen LogP contribution is -2.26. The molecule has 1 unspecified atom stereocenters. The van der Waals surface area contributed by atoms with Gasteiger partial charge in [0.1, 0.15) is 0 Å². The number of nitrogens with zero attached hydrogens (tertiary/aromatic N) is 1. The second-order valence-electron chi connectivity index (χ2n) is 5.12. The zero-order valence-corrected chi connectivity index (χ0v) is 11.8. The molecule has 1 aromatic carbocycles. The maximum absolute atomic E-state index is 10.9. The van der Waals surface area contributed by atoms with Crippen LogP contribution in [0.2, 0.25) is 0 Å². The molecule has 1 aromatic rings. The number of rotatable bonds is 6. The van der Waals surface area contributed by atoms with Crippen LogP contribution in [0.5, 0.6) is 0 Å². The van der Waals surface area contributed by atoms with E-state index in [1.807, 2.05) is 0 Å². The SMILES string of the molecule is CCNC(C)c1ccc2c(c1)CCN2CCC(N)=O. The second kappa shape index (κ2) is 6.06. The number of carbonyl (C=O) groups excluding carboxylic acids is 1. The molecule has 1 aliphatic heterocycles. The van der Waals surface area contributed by atoms with Gasteiger partial charge in [0.05, 0.1) is 0 Å². The summed E-state index contributed by atoms with van der Waals surface area (Å²) < 4.78 is 0. The first-order valence-electron chi connectivity index (χ1n) is 7.01. The van der Waals surface area contributed by atoms with E-state index < -0.39 is 0 Å². The van der Waals surface area contributed by atoms with Crippen LogP contribution in [0.4, 0.5) is 5.69 Å². The van der Waals surface area contributed by atoms with E-state index in [0.29, 0.717) is 12.5 Å². The number of anilines is 1. The van der Waals surface area contributed by atoms with E-state index >= 15 is 0 Å². The molecule has 1 heterocycles. The van der Waals surface area contributed by atoms with E-state index in [-0.39, 0.29) is 5.91 Å². The number of benzene rings is 1. The first-order valence-corrected chi connectivity index (χ1v) is 7.01. The Balaban J connectivity index is 2.09. The molecule has 19 heavy (non-hydrogen) atoms. The van der Waals surface area contributed by atoms with Crippen molar-refractivity contribution < 1.29 is 4.79 Å². The van der Waals surface area contributed by atoms with E-state index in [1.165, 1.54) is 16.8 Å². The van der Waals surface area contributed by atoms with Crippen LogP contribution in [0, 0.1) is 0 Å². The molecule has 0 fully saturated rings. The highest BCUT2D eigenvalue weighted by molar-refractivity contribution is 5.74. The van der Waals surface area contributed by atoms with Gasteiger partial charge >= 0.3 is 0 Å². The number of amides is 1. The molecule has 0 radical (unpaired) electrons. The van der Waals surface area contributed by atoms with E-state index in [1.54, 1.807) is 0 Å². The topological polar surface area (TPSA) is 58.4 Å². The highest BCUT2D eigenvalue weighted by atomic mass is 16.1. The van der Waals surface area contributed by atoms with Crippen molar-refractivity contribution in [2.45, 2.75) is 32.7 Å². The minimum atomic E-state index is -0.231. The van der Waals surface area contributed by atoms with Crippen molar-refractivity contribution in [3.05, 3.63) is 29.3 Å². The summed E-state index contributed by atoms with van der Waals surface area (Å²) in [5.41, 5.74) is 9.18. The lowest BCUT2D eigenvalue weighted by molar-refractivity contribution is -0.117. The number of primary amides is 1. The Kier molecular flexibility index (Phi) is 4.43. The fraction of sp³-hybridized carbons (Fsp3) is 0.533. The summed E-state index contributed by atoms with van der Waals surface area (Å²) in [5.74, 6) is -0.231. The average molecular weight is 261 g/mol. The molecular formula is C15H23N3O. The summed E-state index contributed by atoms with van der Waals surface area (Å²) in [6.07, 6.45) is 1.48. The molecule has 4 heteroatoms. The Morgan fingerprint density at radius 3 is 3.00 bits per heavy atom. The van der Waals surface area contributed by atoms with Crippen molar-refractivity contribution in [2.24, 2.45) is 5.73 Å². The van der Waals surface area contributed by atoms with Crippen molar-refractivity contribution in [1.29, 1.82) is 0 Å². The molecule has 0 saturated carbocycles. The summed E-state index contributed by atoms with van der Waals surface area (Å²) in [6, 6.07) is 7.02. The van der Waals surface area contributed by atoms with Gasteiger partial charge in [0.2, 0.25) is 5.91 Å². The zero-order valence-electron chi connectivity index (χ0n) is 11.8. The predicted molar refractivity (Wildman–Crippen MR) is 78.3 cm³/mol. The fourth-order valence-corrected chi connectivity index (χ4v) is 2.66. The fourth-order valence-electron chi connectivity index (χ4n) is 2.66. The molecular weight excluding hydrogens is 238 g/mol. The molecule has 1 aliphatic rings. The molecule has 3 N–H and O–H groups in total. The molecule has 1 amide bonds. The largest absolute Gasteiger partial charge is 0.370 e. The second-order valence-corrected chi connectivity index (χ2v) is 5.12. The third-order valence-corrected chi connectivity index (χ3v) is 3.73. The standard InChI is InChI=1S/C15H23N3O/c1-3-17-11(2)12-4-5-14-13(10-12)6-8-18(14)9-7-15(16)19/h4-5,10-11,17H,3,6-9H2,1-2H3,(H2,16,19). The van der Waals surface area contributed by atoms with Crippen LogP contribution in [0.25, 0.3) is 0 Å². The highest BCUT2D eigenvalue weighted by Gasteiger charge is 2.20. The van der Waals surface area contributed by atoms with Crippen LogP contribution in [0.3, 0.4) is 0 Å². The Hall–Kier alpha value is -1.55. The van der Waals surface area contributed by atoms with Gasteiger partial charge in [0, 0.05) is 31.2 Å². The van der Waals surface area contributed by atoms with E-state index in [2.05, 4.69) is 42.3 Å². The first kappa shape index (κ1) is 13.9. The van der Waals surface area contributed by atoms with Crippen LogP contribution in [0.1, 0.15) is 37.4 Å². The van der Waals surface area contributed by atoms with Gasteiger partial charge in [0.15, 0.2) is 0 Å². The van der Waals surface area contributed by atoms with Gasteiger partial charge in [-0.3, -0.25) is 4.79 Å². The van der Waals surface area contributed by atoms with Crippen molar-refractivity contribution in [1.82, 2.24) is 5.32 Å². The molecule has 0 spiro atoms. The molecule has 0 aliphatic carbocycles. The molecule has 1 atom stereocenters. The number of hydrogen-bond acceptors (Lipinski definition) is 3. The quantitative estimate of drug-likeness (QED) is 0.817. The molecule has 0 bridgehead atoms. The third-order valence-electron chi connectivity index (χ3n) is 3.73. The third kappa shape index (κ3) is 3.26. The maximum Gasteiger partial charge on any atom is 0.219 e. The van der Waals surface area contributed by atoms with Gasteiger partial charge in [-0.05, 0) is 37.1 Å². The van der Waals surface area contributed by atoms with Gasteiger partial charge in [0.25, 0.3) is 0 Å². The van der Waals surface area contributed by atoms with Crippen LogP contribution in [-0.4, -0.2) is 25.5 Å². The van der Waals surface area contributed by atoms with Gasteiger partial charge < -0.3 is 16.0 Å². The van der Waals surface area contributed by atoms with Crippen molar-refractivity contribution in [2.75, 3.05) is 24.5 Å². The summed E-state index contributed by atoms with van der Waals surface area (Å²) in [7, 11) is 0. The normalized spacial score (nSPS) is 15.4. The molecule has 2 rings (SSSR count). The number of nitrogens with one attached hydrogen (secondary N) is 1. The van der Waals surface area contributed by atoms with Gasteiger partial charge in [-0.2, -0.15) is 0 Å². The summed E-state index contributed by atoms with van der Waals surface area (Å²) in [6.45, 7) is 7.00. The van der Waals surface area contributed by atoms with Gasteiger partial charge in [-0.1, -0.05) is 19.1 Å². The molecule has 4 nitrogen and oxygen atoms in total. The number of carbonyl (C=O) groups is 1. The van der Waals surface area contributed by atoms with E-state index in [4.69, 9.17) is 5.73 Å². The van der Waals surface area contributed by atoms with Gasteiger partial charge in [-0.25, -0.2) is 0 Å². The molecule has 0 saturated heterocycles. The summed E-state index contributed by atoms with van der Waals surface area (Å²) >= 11 is 0. The summed E-state index contributed by atoms with van der Waals surface area (Å²) in [5, 5.41) is 3.43. The lowest BCUT2D eigenvalue weighted by atomic mass is 10.0. The van der Waals surface area contributed by atoms with Crippen LogP contribution < -0.4 is 16.0 Å². The van der Waals surface area contributed by atoms with E-state index in [9.17, 15) is 4.79 Å². The Morgan fingerprint density at radius 1 is 1.53 bits per heavy atom. The molecule has 104 valence electrons. The Morgan fingerprint density at radius 2 is 2.32 bits per heavy atom. The van der Waals surface area contributed by atoms with Crippen LogP contribution >= 0.6 is 0 Å². The van der Waals surface area contributed by atoms with Gasteiger partial charge in [-0.15, -0.1) is 0 Å². The average Bonchev–Trinajstić information content (AvgIpc) is 2.78. The number of hydrogen-bond donors (Lipinski definition) is 2. The Bertz CT molecular complexity index is 459. The lowest BCUT2D eigenvalue weighted by Gasteiger charge is -2.19. The minimum Gasteiger partial charge on any atom is -0.370 e. The smallest absolute Gasteiger partial charge is 0.219 e. The van der Waals surface area contributed by atoms with Crippen molar-refractivity contribution >= 4 is 11.6 Å². The van der Waals surface area contributed by atoms with Crippen LogP contribution in [0.15, 0.2) is 18.2 Å². The van der Waals surface area contributed by atoms with E-state index in [0.717, 1.165) is 26.1 Å². The van der Waals surface area contributed by atoms with Crippen molar-refractivity contribution in [3.8, 4) is 0 Å². The van der Waals surface area contributed by atoms with Crippen molar-refractivity contribution in [3.63, 3.8) is 0 Å². The number of fused-ring (bicyclic) bond motifs is 1. The summed E-state index contributed by atoms with van der Waals surface area (Å²) in [4.78, 5) is 13.1.